The van der Waals surface area contributed by atoms with Crippen LogP contribution in [0.1, 0.15) is 6.92 Å². The van der Waals surface area contributed by atoms with Crippen molar-refractivity contribution in [1.82, 2.24) is 4.57 Å². The van der Waals surface area contributed by atoms with Gasteiger partial charge in [0.25, 0.3) is 9.05 Å². The fourth-order valence-electron chi connectivity index (χ4n) is 1.91. The largest absolute Gasteiger partial charge is 0.380 e. The van der Waals surface area contributed by atoms with Crippen LogP contribution in [-0.2, 0) is 20.3 Å². The van der Waals surface area contributed by atoms with Crippen molar-refractivity contribution in [3.05, 3.63) is 30.5 Å². The number of benzene rings is 1. The molecule has 0 amide bonds. The van der Waals surface area contributed by atoms with Gasteiger partial charge in [0.05, 0.1) is 6.10 Å². The first-order valence-corrected chi connectivity index (χ1v) is 7.79. The van der Waals surface area contributed by atoms with Crippen molar-refractivity contribution >= 4 is 30.6 Å². The topological polar surface area (TPSA) is 48.3 Å². The predicted molar refractivity (Wildman–Crippen MR) is 71.4 cm³/mol. The van der Waals surface area contributed by atoms with Gasteiger partial charge in [0.15, 0.2) is 0 Å². The van der Waals surface area contributed by atoms with Crippen LogP contribution < -0.4 is 0 Å². The highest BCUT2D eigenvalue weighted by Gasteiger charge is 2.18. The van der Waals surface area contributed by atoms with E-state index in [4.69, 9.17) is 15.4 Å². The number of para-hydroxylation sites is 1. The lowest BCUT2D eigenvalue weighted by molar-refractivity contribution is 0.104. The first-order chi connectivity index (χ1) is 8.43. The van der Waals surface area contributed by atoms with E-state index < -0.39 is 9.05 Å². The molecule has 6 heteroatoms. The molecule has 0 bridgehead atoms. The van der Waals surface area contributed by atoms with Crippen LogP contribution in [0.15, 0.2) is 35.4 Å². The maximum atomic E-state index is 11.5. The van der Waals surface area contributed by atoms with Crippen molar-refractivity contribution in [1.29, 1.82) is 0 Å². The summed E-state index contributed by atoms with van der Waals surface area (Å²) in [6.07, 6.45) is 1.55. The molecule has 0 saturated carbocycles. The lowest BCUT2D eigenvalue weighted by atomic mass is 10.2. The Morgan fingerprint density at radius 3 is 2.67 bits per heavy atom. The quantitative estimate of drug-likeness (QED) is 0.812. The molecule has 1 aromatic carbocycles. The molecule has 0 saturated heterocycles. The fourth-order valence-corrected chi connectivity index (χ4v) is 2.97. The van der Waals surface area contributed by atoms with E-state index in [1.165, 1.54) is 0 Å². The Bertz CT molecular complexity index is 663. The third-order valence-electron chi connectivity index (χ3n) is 2.87. The molecule has 0 aliphatic carbocycles. The normalized spacial score (nSPS) is 13.9. The van der Waals surface area contributed by atoms with Gasteiger partial charge in [-0.15, -0.1) is 0 Å². The highest BCUT2D eigenvalue weighted by atomic mass is 35.7. The van der Waals surface area contributed by atoms with Crippen LogP contribution in [0.4, 0.5) is 0 Å². The van der Waals surface area contributed by atoms with Gasteiger partial charge in [-0.2, -0.15) is 0 Å². The summed E-state index contributed by atoms with van der Waals surface area (Å²) in [4.78, 5) is 0.142. The highest BCUT2D eigenvalue weighted by molar-refractivity contribution is 8.14. The summed E-state index contributed by atoms with van der Waals surface area (Å²) < 4.78 is 30.1. The van der Waals surface area contributed by atoms with Crippen molar-refractivity contribution in [3.8, 4) is 0 Å². The minimum atomic E-state index is -3.74. The van der Waals surface area contributed by atoms with Gasteiger partial charge in [0, 0.05) is 41.4 Å². The molecule has 0 aliphatic rings. The van der Waals surface area contributed by atoms with Crippen molar-refractivity contribution in [2.45, 2.75) is 24.5 Å². The Labute approximate surface area is 111 Å². The molecular formula is C12H14ClNO3S. The molecule has 98 valence electrons. The summed E-state index contributed by atoms with van der Waals surface area (Å²) in [5, 5.41) is 0.635. The maximum Gasteiger partial charge on any atom is 0.263 e. The van der Waals surface area contributed by atoms with E-state index in [1.54, 1.807) is 25.4 Å². The second kappa shape index (κ2) is 4.91. The molecule has 2 rings (SSSR count). The zero-order valence-electron chi connectivity index (χ0n) is 10.1. The van der Waals surface area contributed by atoms with E-state index in [9.17, 15) is 8.42 Å². The van der Waals surface area contributed by atoms with Crippen LogP contribution in [0.3, 0.4) is 0 Å². The molecule has 1 atom stereocenters. The zero-order chi connectivity index (χ0) is 13.3. The minimum Gasteiger partial charge on any atom is -0.380 e. The van der Waals surface area contributed by atoms with Crippen molar-refractivity contribution in [3.63, 3.8) is 0 Å². The Hall–Kier alpha value is -1.04. The number of fused-ring (bicyclic) bond motifs is 1. The lowest BCUT2D eigenvalue weighted by Crippen LogP contribution is -2.13. The SMILES string of the molecule is COC(C)Cn1cc(S(=O)(=O)Cl)c2ccccc21. The zero-order valence-corrected chi connectivity index (χ0v) is 11.7. The second-order valence-electron chi connectivity index (χ2n) is 4.15. The third-order valence-corrected chi connectivity index (χ3v) is 4.22. The van der Waals surface area contributed by atoms with Crippen LogP contribution in [0.25, 0.3) is 10.9 Å². The molecule has 18 heavy (non-hydrogen) atoms. The molecule has 1 aromatic heterocycles. The first-order valence-electron chi connectivity index (χ1n) is 5.49. The molecule has 2 aromatic rings. The molecule has 0 spiro atoms. The number of ether oxygens (including phenoxy) is 1. The van der Waals surface area contributed by atoms with E-state index in [0.29, 0.717) is 11.9 Å². The Kier molecular flexibility index (Phi) is 3.66. The fraction of sp³-hybridized carbons (Fsp3) is 0.333. The van der Waals surface area contributed by atoms with Crippen molar-refractivity contribution in [2.75, 3.05) is 7.11 Å². The van der Waals surface area contributed by atoms with Gasteiger partial charge < -0.3 is 9.30 Å². The summed E-state index contributed by atoms with van der Waals surface area (Å²) in [5.41, 5.74) is 0.834. The van der Waals surface area contributed by atoms with Crippen LogP contribution >= 0.6 is 10.7 Å². The molecule has 4 nitrogen and oxygen atoms in total. The molecule has 0 aliphatic heterocycles. The van der Waals surface area contributed by atoms with Crippen LogP contribution in [0, 0.1) is 0 Å². The van der Waals surface area contributed by atoms with Gasteiger partial charge in [-0.1, -0.05) is 18.2 Å². The number of halogens is 1. The summed E-state index contributed by atoms with van der Waals surface area (Å²) in [7, 11) is 3.33. The number of hydrogen-bond donors (Lipinski definition) is 0. The van der Waals surface area contributed by atoms with Gasteiger partial charge in [0.2, 0.25) is 0 Å². The van der Waals surface area contributed by atoms with Gasteiger partial charge in [-0.05, 0) is 13.0 Å². The first kappa shape index (κ1) is 13.4. The summed E-state index contributed by atoms with van der Waals surface area (Å²) in [6.45, 7) is 2.49. The van der Waals surface area contributed by atoms with Crippen molar-refractivity contribution < 1.29 is 13.2 Å². The highest BCUT2D eigenvalue weighted by Crippen LogP contribution is 2.28. The van der Waals surface area contributed by atoms with Crippen LogP contribution in [0.2, 0.25) is 0 Å². The summed E-state index contributed by atoms with van der Waals surface area (Å²) in [6, 6.07) is 7.26. The number of rotatable bonds is 4. The number of aromatic nitrogens is 1. The third kappa shape index (κ3) is 2.53. The summed E-state index contributed by atoms with van der Waals surface area (Å²) >= 11 is 0. The smallest absolute Gasteiger partial charge is 0.263 e. The summed E-state index contributed by atoms with van der Waals surface area (Å²) in [5.74, 6) is 0. The van der Waals surface area contributed by atoms with Crippen LogP contribution in [-0.4, -0.2) is 26.2 Å². The average molecular weight is 288 g/mol. The number of nitrogens with zero attached hydrogens (tertiary/aromatic N) is 1. The second-order valence-corrected chi connectivity index (χ2v) is 6.68. The Morgan fingerprint density at radius 1 is 1.39 bits per heavy atom. The van der Waals surface area contributed by atoms with E-state index in [-0.39, 0.29) is 11.0 Å². The molecule has 0 N–H and O–H groups in total. The monoisotopic (exact) mass is 287 g/mol. The van der Waals surface area contributed by atoms with E-state index in [1.807, 2.05) is 23.6 Å². The standard InChI is InChI=1S/C12H14ClNO3S/c1-9(17-2)7-14-8-12(18(13,15)16)10-5-3-4-6-11(10)14/h3-6,8-9H,7H2,1-2H3. The van der Waals surface area contributed by atoms with Gasteiger partial charge in [-0.25, -0.2) is 8.42 Å². The Morgan fingerprint density at radius 2 is 2.06 bits per heavy atom. The molecule has 0 radical (unpaired) electrons. The molecular weight excluding hydrogens is 274 g/mol. The van der Waals surface area contributed by atoms with E-state index in [2.05, 4.69) is 0 Å². The van der Waals surface area contributed by atoms with E-state index >= 15 is 0 Å². The van der Waals surface area contributed by atoms with Gasteiger partial charge in [-0.3, -0.25) is 0 Å². The average Bonchev–Trinajstić information content (AvgIpc) is 2.68. The minimum absolute atomic E-state index is 0.00770. The van der Waals surface area contributed by atoms with E-state index in [0.717, 1.165) is 5.52 Å². The Balaban J connectivity index is 2.62. The predicted octanol–water partition coefficient (Wildman–Crippen LogP) is 2.60. The van der Waals surface area contributed by atoms with Crippen molar-refractivity contribution in [2.24, 2.45) is 0 Å². The number of methoxy groups -OCH3 is 1. The number of hydrogen-bond acceptors (Lipinski definition) is 3. The maximum absolute atomic E-state index is 11.5. The molecule has 1 unspecified atom stereocenters. The molecule has 1 heterocycles. The lowest BCUT2D eigenvalue weighted by Gasteiger charge is -2.11. The molecule has 0 fully saturated rings. The van der Waals surface area contributed by atoms with Crippen LogP contribution in [0.5, 0.6) is 0 Å². The van der Waals surface area contributed by atoms with Gasteiger partial charge in [0.1, 0.15) is 4.90 Å². The van der Waals surface area contributed by atoms with Gasteiger partial charge >= 0.3 is 0 Å².